The lowest BCUT2D eigenvalue weighted by Crippen LogP contribution is -2.19. The minimum absolute atomic E-state index is 0.0345. The summed E-state index contributed by atoms with van der Waals surface area (Å²) in [6.07, 6.45) is -5.80. The number of nitrogens with zero attached hydrogens (tertiary/aromatic N) is 2. The third-order valence-corrected chi connectivity index (χ3v) is 4.38. The Labute approximate surface area is 145 Å². The number of alkyl halides is 3. The first-order valence-electron chi connectivity index (χ1n) is 7.81. The third-order valence-electron chi connectivity index (χ3n) is 4.38. The summed E-state index contributed by atoms with van der Waals surface area (Å²) in [6.45, 7) is 0. The van der Waals surface area contributed by atoms with E-state index >= 15 is 0 Å². The number of nitrogens with one attached hydrogen (secondary N) is 1. The van der Waals surface area contributed by atoms with E-state index in [1.807, 2.05) is 6.07 Å². The first-order chi connectivity index (χ1) is 12.4. The number of nitriles is 1. The minimum atomic E-state index is -4.61. The lowest BCUT2D eigenvalue weighted by atomic mass is 9.94. The molecule has 1 aliphatic rings. The number of hydrogen-bond donors (Lipinski definition) is 2. The predicted octanol–water partition coefficient (Wildman–Crippen LogP) is 4.01. The fraction of sp³-hybridized carbons (Fsp3) is 0.222. The van der Waals surface area contributed by atoms with Crippen LogP contribution in [0.2, 0.25) is 0 Å². The number of hydrogen-bond acceptors (Lipinski definition) is 4. The second-order valence-electron chi connectivity index (χ2n) is 6.06. The molecule has 0 radical (unpaired) electrons. The molecule has 0 spiro atoms. The number of aromatic amines is 1. The molecule has 26 heavy (non-hydrogen) atoms. The molecule has 8 heteroatoms. The van der Waals surface area contributed by atoms with Gasteiger partial charge in [0.1, 0.15) is 11.6 Å². The monoisotopic (exact) mass is 359 g/mol. The number of rotatable bonds is 1. The van der Waals surface area contributed by atoms with Gasteiger partial charge >= 0.3 is 6.18 Å². The average Bonchev–Trinajstić information content (AvgIpc) is 3.07. The molecule has 0 amide bonds. The highest BCUT2D eigenvalue weighted by molar-refractivity contribution is 5.84. The summed E-state index contributed by atoms with van der Waals surface area (Å²) in [6, 6.07) is 11.6. The van der Waals surface area contributed by atoms with Crippen LogP contribution in [-0.2, 0) is 6.18 Å². The summed E-state index contributed by atoms with van der Waals surface area (Å²) >= 11 is 0. The van der Waals surface area contributed by atoms with Gasteiger partial charge in [0.05, 0.1) is 23.3 Å². The summed E-state index contributed by atoms with van der Waals surface area (Å²) in [5.41, 5.74) is 1.82. The Morgan fingerprint density at radius 3 is 2.58 bits per heavy atom. The van der Waals surface area contributed by atoms with Crippen LogP contribution in [0.25, 0.3) is 11.0 Å². The van der Waals surface area contributed by atoms with Crippen LogP contribution in [-0.4, -0.2) is 15.1 Å². The molecular formula is C18H12F3N3O2. The lowest BCUT2D eigenvalue weighted by Gasteiger charge is -2.30. The molecule has 3 aromatic rings. The molecule has 0 aliphatic carbocycles. The Kier molecular flexibility index (Phi) is 3.63. The average molecular weight is 359 g/mol. The molecule has 2 unspecified atom stereocenters. The second-order valence-corrected chi connectivity index (χ2v) is 6.06. The quantitative estimate of drug-likeness (QED) is 0.688. The molecule has 0 saturated carbocycles. The maximum Gasteiger partial charge on any atom is 0.449 e. The van der Waals surface area contributed by atoms with Crippen molar-refractivity contribution in [2.45, 2.75) is 24.8 Å². The van der Waals surface area contributed by atoms with Crippen molar-refractivity contribution in [2.24, 2.45) is 0 Å². The van der Waals surface area contributed by atoms with Gasteiger partial charge in [0.25, 0.3) is 0 Å². The van der Waals surface area contributed by atoms with Crippen molar-refractivity contribution in [1.82, 2.24) is 9.97 Å². The van der Waals surface area contributed by atoms with Gasteiger partial charge in [-0.05, 0) is 23.8 Å². The predicted molar refractivity (Wildman–Crippen MR) is 85.2 cm³/mol. The number of halogens is 3. The van der Waals surface area contributed by atoms with Gasteiger partial charge in [-0.1, -0.05) is 18.2 Å². The summed E-state index contributed by atoms with van der Waals surface area (Å²) < 4.78 is 44.7. The standard InChI is InChI=1S/C18H12F3N3O2/c19-18(20,21)17-23-12-6-5-11-13(25)7-14(26-16(11)15(12)24-17)10-3-1-9(8-22)2-4-10/h1-6,13-14,25H,7H2,(H,23,24). The fourth-order valence-corrected chi connectivity index (χ4v) is 3.08. The largest absolute Gasteiger partial charge is 0.483 e. The van der Waals surface area contributed by atoms with Gasteiger partial charge in [-0.25, -0.2) is 4.98 Å². The van der Waals surface area contributed by atoms with Gasteiger partial charge < -0.3 is 14.8 Å². The normalized spacial score (nSPS) is 19.7. The Morgan fingerprint density at radius 1 is 1.19 bits per heavy atom. The maximum absolute atomic E-state index is 12.9. The Morgan fingerprint density at radius 2 is 1.92 bits per heavy atom. The number of H-pyrrole nitrogens is 1. The van der Waals surface area contributed by atoms with Crippen molar-refractivity contribution in [1.29, 1.82) is 5.26 Å². The number of aliphatic hydroxyl groups is 1. The van der Waals surface area contributed by atoms with Gasteiger partial charge in [-0.2, -0.15) is 18.4 Å². The van der Waals surface area contributed by atoms with Crippen LogP contribution in [0, 0.1) is 11.3 Å². The van der Waals surface area contributed by atoms with Crippen LogP contribution >= 0.6 is 0 Å². The van der Waals surface area contributed by atoms with E-state index in [2.05, 4.69) is 9.97 Å². The van der Waals surface area contributed by atoms with Gasteiger partial charge in [0.15, 0.2) is 5.75 Å². The summed E-state index contributed by atoms with van der Waals surface area (Å²) in [4.78, 5) is 5.86. The minimum Gasteiger partial charge on any atom is -0.483 e. The molecule has 2 atom stereocenters. The van der Waals surface area contributed by atoms with Crippen molar-refractivity contribution < 1.29 is 23.0 Å². The number of imidazole rings is 1. The molecule has 0 saturated heterocycles. The van der Waals surface area contributed by atoms with Crippen molar-refractivity contribution in [3.8, 4) is 11.8 Å². The molecule has 132 valence electrons. The number of fused-ring (bicyclic) bond motifs is 3. The molecule has 2 heterocycles. The zero-order valence-electron chi connectivity index (χ0n) is 13.2. The topological polar surface area (TPSA) is 81.9 Å². The highest BCUT2D eigenvalue weighted by Crippen LogP contribution is 2.44. The molecule has 1 aliphatic heterocycles. The Balaban J connectivity index is 1.78. The van der Waals surface area contributed by atoms with E-state index in [4.69, 9.17) is 10.00 Å². The molecule has 5 nitrogen and oxygen atoms in total. The van der Waals surface area contributed by atoms with Gasteiger partial charge in [0, 0.05) is 12.0 Å². The van der Waals surface area contributed by atoms with E-state index in [-0.39, 0.29) is 23.2 Å². The van der Waals surface area contributed by atoms with E-state index in [0.717, 1.165) is 5.56 Å². The van der Waals surface area contributed by atoms with Crippen molar-refractivity contribution in [3.63, 3.8) is 0 Å². The lowest BCUT2D eigenvalue weighted by molar-refractivity contribution is -0.144. The first kappa shape index (κ1) is 16.4. The molecular weight excluding hydrogens is 347 g/mol. The molecule has 4 rings (SSSR count). The number of aromatic nitrogens is 2. The van der Waals surface area contributed by atoms with Crippen molar-refractivity contribution >= 4 is 11.0 Å². The van der Waals surface area contributed by atoms with Crippen molar-refractivity contribution in [2.75, 3.05) is 0 Å². The SMILES string of the molecule is N#Cc1ccc(C2CC(O)c3ccc4[nH]c(C(F)(F)F)nc4c3O2)cc1. The molecule has 2 N–H and O–H groups in total. The van der Waals surface area contributed by atoms with E-state index in [1.54, 1.807) is 24.3 Å². The zero-order chi connectivity index (χ0) is 18.5. The maximum atomic E-state index is 12.9. The van der Waals surface area contributed by atoms with Crippen molar-refractivity contribution in [3.05, 3.63) is 58.9 Å². The number of aliphatic hydroxyl groups excluding tert-OH is 1. The van der Waals surface area contributed by atoms with Crippen LogP contribution in [0.1, 0.15) is 41.1 Å². The highest BCUT2D eigenvalue weighted by Gasteiger charge is 2.37. The molecule has 2 aromatic carbocycles. The smallest absolute Gasteiger partial charge is 0.449 e. The van der Waals surface area contributed by atoms with Crippen LogP contribution in [0.3, 0.4) is 0 Å². The second kappa shape index (κ2) is 5.75. The first-order valence-corrected chi connectivity index (χ1v) is 7.81. The summed E-state index contributed by atoms with van der Waals surface area (Å²) in [5.74, 6) is -0.971. The molecule has 0 fully saturated rings. The van der Waals surface area contributed by atoms with E-state index < -0.39 is 24.2 Å². The van der Waals surface area contributed by atoms with Gasteiger partial charge in [0.2, 0.25) is 5.82 Å². The Bertz CT molecular complexity index is 1020. The fourth-order valence-electron chi connectivity index (χ4n) is 3.08. The zero-order valence-corrected chi connectivity index (χ0v) is 13.2. The number of benzene rings is 2. The summed E-state index contributed by atoms with van der Waals surface area (Å²) in [5, 5.41) is 19.3. The van der Waals surface area contributed by atoms with E-state index in [0.29, 0.717) is 11.1 Å². The number of ether oxygens (including phenoxy) is 1. The summed E-state index contributed by atoms with van der Waals surface area (Å²) in [7, 11) is 0. The van der Waals surface area contributed by atoms with Crippen LogP contribution in [0.15, 0.2) is 36.4 Å². The molecule has 1 aromatic heterocycles. The van der Waals surface area contributed by atoms with Crippen LogP contribution in [0.4, 0.5) is 13.2 Å². The van der Waals surface area contributed by atoms with Crippen LogP contribution < -0.4 is 4.74 Å². The van der Waals surface area contributed by atoms with Crippen LogP contribution in [0.5, 0.6) is 5.75 Å². The molecule has 0 bridgehead atoms. The third kappa shape index (κ3) is 2.66. The van der Waals surface area contributed by atoms with Gasteiger partial charge in [-0.15, -0.1) is 0 Å². The van der Waals surface area contributed by atoms with Gasteiger partial charge in [-0.3, -0.25) is 0 Å². The van der Waals surface area contributed by atoms with E-state index in [9.17, 15) is 18.3 Å². The highest BCUT2D eigenvalue weighted by atomic mass is 19.4. The Hall–Kier alpha value is -3.05. The van der Waals surface area contributed by atoms with E-state index in [1.165, 1.54) is 12.1 Å².